The number of nitriles is 1. The fourth-order valence-electron chi connectivity index (χ4n) is 2.47. The lowest BCUT2D eigenvalue weighted by Crippen LogP contribution is -2.20. The summed E-state index contributed by atoms with van der Waals surface area (Å²) in [7, 11) is 0. The molecule has 3 rings (SSSR count). The van der Waals surface area contributed by atoms with E-state index < -0.39 is 5.54 Å². The van der Waals surface area contributed by atoms with Gasteiger partial charge in [0.2, 0.25) is 0 Å². The summed E-state index contributed by atoms with van der Waals surface area (Å²) in [6.07, 6.45) is 0. The third kappa shape index (κ3) is 2.46. The largest absolute Gasteiger partial charge is 0.462 e. The fraction of sp³-hybridized carbons (Fsp3) is 0.176. The van der Waals surface area contributed by atoms with Crippen molar-refractivity contribution in [1.82, 2.24) is 0 Å². The van der Waals surface area contributed by atoms with E-state index in [9.17, 15) is 0 Å². The van der Waals surface area contributed by atoms with E-state index in [2.05, 4.69) is 17.1 Å². The minimum absolute atomic E-state index is 0.231. The predicted octanol–water partition coefficient (Wildman–Crippen LogP) is 2.79. The average Bonchev–Trinajstić information content (AvgIpc) is 2.88. The molecule has 0 spiro atoms. The molecule has 4 heteroatoms. The number of hydrogen-bond acceptors (Lipinski definition) is 4. The van der Waals surface area contributed by atoms with Gasteiger partial charge < -0.3 is 10.5 Å². The molecule has 2 aromatic rings. The fourth-order valence-corrected chi connectivity index (χ4v) is 2.47. The van der Waals surface area contributed by atoms with E-state index in [4.69, 9.17) is 15.7 Å². The van der Waals surface area contributed by atoms with Crippen LogP contribution in [0.2, 0.25) is 0 Å². The molecule has 1 aliphatic rings. The van der Waals surface area contributed by atoms with Gasteiger partial charge in [-0.1, -0.05) is 30.3 Å². The minimum Gasteiger partial charge on any atom is -0.462 e. The van der Waals surface area contributed by atoms with Crippen molar-refractivity contribution in [3.05, 3.63) is 59.7 Å². The molecule has 0 radical (unpaired) electrons. The molecule has 0 amide bonds. The SMILES string of the molecule is CC1(c2cccc(-c3cccc(C#N)c3)c2)COC(N)=N1. The monoisotopic (exact) mass is 277 g/mol. The summed E-state index contributed by atoms with van der Waals surface area (Å²) in [5.41, 5.74) is 8.93. The zero-order valence-corrected chi connectivity index (χ0v) is 11.7. The summed E-state index contributed by atoms with van der Waals surface area (Å²) in [5.74, 6) is 0. The van der Waals surface area contributed by atoms with Crippen molar-refractivity contribution < 1.29 is 4.74 Å². The summed E-state index contributed by atoms with van der Waals surface area (Å²) < 4.78 is 5.29. The number of nitrogens with zero attached hydrogens (tertiary/aromatic N) is 2. The van der Waals surface area contributed by atoms with Gasteiger partial charge in [0.05, 0.1) is 11.6 Å². The first-order valence-corrected chi connectivity index (χ1v) is 6.70. The van der Waals surface area contributed by atoms with Gasteiger partial charge in [0.1, 0.15) is 12.1 Å². The smallest absolute Gasteiger partial charge is 0.283 e. The van der Waals surface area contributed by atoms with E-state index in [1.807, 2.05) is 43.3 Å². The van der Waals surface area contributed by atoms with Crippen molar-refractivity contribution >= 4 is 6.02 Å². The molecule has 2 aromatic carbocycles. The van der Waals surface area contributed by atoms with Gasteiger partial charge in [0.25, 0.3) is 6.02 Å². The van der Waals surface area contributed by atoms with Gasteiger partial charge in [-0.25, -0.2) is 4.99 Å². The molecule has 0 saturated heterocycles. The maximum absolute atomic E-state index is 9.01. The Bertz CT molecular complexity index is 761. The number of hydrogen-bond donors (Lipinski definition) is 1. The topological polar surface area (TPSA) is 71.4 Å². The van der Waals surface area contributed by atoms with Crippen molar-refractivity contribution in [3.63, 3.8) is 0 Å². The van der Waals surface area contributed by atoms with Crippen LogP contribution in [0, 0.1) is 11.3 Å². The first-order valence-electron chi connectivity index (χ1n) is 6.70. The Morgan fingerprint density at radius 1 is 1.19 bits per heavy atom. The number of ether oxygens (including phenoxy) is 1. The molecule has 1 atom stereocenters. The highest BCUT2D eigenvalue weighted by molar-refractivity contribution is 5.74. The number of benzene rings is 2. The Morgan fingerprint density at radius 2 is 1.90 bits per heavy atom. The number of rotatable bonds is 2. The maximum Gasteiger partial charge on any atom is 0.283 e. The van der Waals surface area contributed by atoms with E-state index >= 15 is 0 Å². The van der Waals surface area contributed by atoms with Gasteiger partial charge in [0, 0.05) is 0 Å². The Kier molecular flexibility index (Phi) is 3.11. The molecule has 21 heavy (non-hydrogen) atoms. The Morgan fingerprint density at radius 3 is 2.57 bits per heavy atom. The van der Waals surface area contributed by atoms with Gasteiger partial charge in [-0.3, -0.25) is 0 Å². The van der Waals surface area contributed by atoms with Crippen molar-refractivity contribution in [1.29, 1.82) is 5.26 Å². The molecule has 0 aromatic heterocycles. The molecule has 0 saturated carbocycles. The predicted molar refractivity (Wildman–Crippen MR) is 81.5 cm³/mol. The van der Waals surface area contributed by atoms with E-state index in [1.54, 1.807) is 6.07 Å². The quantitative estimate of drug-likeness (QED) is 0.917. The molecule has 1 heterocycles. The highest BCUT2D eigenvalue weighted by atomic mass is 16.5. The molecule has 104 valence electrons. The standard InChI is InChI=1S/C17H15N3O/c1-17(11-21-16(19)20-17)15-7-3-6-14(9-15)13-5-2-4-12(8-13)10-18/h2-9H,11H2,1H3,(H2,19,20). The van der Waals surface area contributed by atoms with Gasteiger partial charge in [0.15, 0.2) is 0 Å². The average molecular weight is 277 g/mol. The van der Waals surface area contributed by atoms with E-state index in [0.29, 0.717) is 12.2 Å². The molecule has 4 nitrogen and oxygen atoms in total. The molecular formula is C17H15N3O. The van der Waals surface area contributed by atoms with E-state index in [1.165, 1.54) is 0 Å². The summed E-state index contributed by atoms with van der Waals surface area (Å²) in [6.45, 7) is 2.44. The summed E-state index contributed by atoms with van der Waals surface area (Å²) in [6, 6.07) is 18.0. The van der Waals surface area contributed by atoms with Crippen LogP contribution >= 0.6 is 0 Å². The van der Waals surface area contributed by atoms with Gasteiger partial charge in [-0.2, -0.15) is 5.26 Å². The van der Waals surface area contributed by atoms with Crippen LogP contribution < -0.4 is 5.73 Å². The van der Waals surface area contributed by atoms with E-state index in [-0.39, 0.29) is 6.02 Å². The molecule has 0 aliphatic carbocycles. The molecular weight excluding hydrogens is 262 g/mol. The highest BCUT2D eigenvalue weighted by Gasteiger charge is 2.32. The first-order chi connectivity index (χ1) is 10.1. The van der Waals surface area contributed by atoms with Crippen LogP contribution in [-0.4, -0.2) is 12.6 Å². The second-order valence-corrected chi connectivity index (χ2v) is 5.29. The second kappa shape index (κ2) is 4.95. The maximum atomic E-state index is 9.01. The molecule has 1 aliphatic heterocycles. The van der Waals surface area contributed by atoms with Crippen LogP contribution in [0.15, 0.2) is 53.5 Å². The zero-order valence-electron chi connectivity index (χ0n) is 11.7. The second-order valence-electron chi connectivity index (χ2n) is 5.29. The van der Waals surface area contributed by atoms with Crippen LogP contribution in [0.5, 0.6) is 0 Å². The van der Waals surface area contributed by atoms with Gasteiger partial charge in [-0.15, -0.1) is 0 Å². The van der Waals surface area contributed by atoms with E-state index in [0.717, 1.165) is 16.7 Å². The lowest BCUT2D eigenvalue weighted by molar-refractivity contribution is 0.266. The summed E-state index contributed by atoms with van der Waals surface area (Å²) >= 11 is 0. The van der Waals surface area contributed by atoms with Gasteiger partial charge >= 0.3 is 0 Å². The molecule has 0 fully saturated rings. The lowest BCUT2D eigenvalue weighted by atomic mass is 9.91. The number of amidine groups is 1. The molecule has 1 unspecified atom stereocenters. The van der Waals surface area contributed by atoms with Crippen LogP contribution in [0.1, 0.15) is 18.1 Å². The minimum atomic E-state index is -0.451. The summed E-state index contributed by atoms with van der Waals surface area (Å²) in [5, 5.41) is 9.01. The Labute approximate surface area is 123 Å². The third-order valence-corrected chi connectivity index (χ3v) is 3.67. The van der Waals surface area contributed by atoms with Crippen LogP contribution in [0.4, 0.5) is 0 Å². The summed E-state index contributed by atoms with van der Waals surface area (Å²) in [4.78, 5) is 4.38. The first kappa shape index (κ1) is 13.2. The lowest BCUT2D eigenvalue weighted by Gasteiger charge is -2.19. The Balaban J connectivity index is 2.03. The molecule has 0 bridgehead atoms. The molecule has 2 N–H and O–H groups in total. The van der Waals surface area contributed by atoms with Crippen LogP contribution in [-0.2, 0) is 10.3 Å². The van der Waals surface area contributed by atoms with Crippen molar-refractivity contribution in [2.75, 3.05) is 6.61 Å². The van der Waals surface area contributed by atoms with Gasteiger partial charge in [-0.05, 0) is 41.8 Å². The van der Waals surface area contributed by atoms with Crippen LogP contribution in [0.3, 0.4) is 0 Å². The normalized spacial score (nSPS) is 20.5. The Hall–Kier alpha value is -2.80. The number of aliphatic imine (C=N–C) groups is 1. The van der Waals surface area contributed by atoms with Crippen molar-refractivity contribution in [3.8, 4) is 17.2 Å². The van der Waals surface area contributed by atoms with Crippen molar-refractivity contribution in [2.24, 2.45) is 10.7 Å². The van der Waals surface area contributed by atoms with Crippen LogP contribution in [0.25, 0.3) is 11.1 Å². The highest BCUT2D eigenvalue weighted by Crippen LogP contribution is 2.32. The zero-order chi connectivity index (χ0) is 14.9. The van der Waals surface area contributed by atoms with Crippen molar-refractivity contribution in [2.45, 2.75) is 12.5 Å². The third-order valence-electron chi connectivity index (χ3n) is 3.67. The number of nitrogens with two attached hydrogens (primary N) is 1.